The SMILES string of the molecule is Cc1ccc([C@@H]2C[C@H]2C(=O)Nn2c(C(C)C)nc3ccccc3c2=O)cc1F. The van der Waals surface area contributed by atoms with Crippen LogP contribution in [0.25, 0.3) is 10.9 Å². The predicted octanol–water partition coefficient (Wildman–Crippen LogP) is 3.84. The lowest BCUT2D eigenvalue weighted by Crippen LogP contribution is -2.37. The molecule has 3 aromatic rings. The van der Waals surface area contributed by atoms with E-state index in [1.165, 1.54) is 10.7 Å². The Balaban J connectivity index is 1.62. The number of fused-ring (bicyclic) bond motifs is 1. The number of carbonyl (C=O) groups is 1. The van der Waals surface area contributed by atoms with E-state index in [4.69, 9.17) is 0 Å². The van der Waals surface area contributed by atoms with Gasteiger partial charge < -0.3 is 0 Å². The van der Waals surface area contributed by atoms with Crippen molar-refractivity contribution in [3.8, 4) is 0 Å². The molecular weight excluding hydrogens is 357 g/mol. The number of aryl methyl sites for hydroxylation is 1. The number of amides is 1. The van der Waals surface area contributed by atoms with Gasteiger partial charge in [-0.1, -0.05) is 38.1 Å². The van der Waals surface area contributed by atoms with E-state index in [2.05, 4.69) is 10.4 Å². The number of halogens is 1. The lowest BCUT2D eigenvalue weighted by Gasteiger charge is -2.16. The van der Waals surface area contributed by atoms with Crippen LogP contribution in [0.3, 0.4) is 0 Å². The minimum Gasteiger partial charge on any atom is -0.273 e. The van der Waals surface area contributed by atoms with E-state index in [-0.39, 0.29) is 35.0 Å². The molecule has 0 saturated heterocycles. The van der Waals surface area contributed by atoms with Crippen molar-refractivity contribution in [2.45, 2.75) is 39.0 Å². The third-order valence-electron chi connectivity index (χ3n) is 5.29. The standard InChI is InChI=1S/C22H22FN3O2/c1-12(2)20-24-19-7-5-4-6-15(19)22(28)26(20)25-21(27)17-11-16(17)14-9-8-13(3)18(23)10-14/h4-10,12,16-17H,11H2,1-3H3,(H,25,27)/t16-,17+/m0/s1. The van der Waals surface area contributed by atoms with Crippen LogP contribution < -0.4 is 11.0 Å². The van der Waals surface area contributed by atoms with Gasteiger partial charge >= 0.3 is 0 Å². The van der Waals surface area contributed by atoms with E-state index in [0.29, 0.717) is 28.7 Å². The van der Waals surface area contributed by atoms with E-state index >= 15 is 0 Å². The Bertz CT molecular complexity index is 1140. The van der Waals surface area contributed by atoms with Crippen LogP contribution in [0, 0.1) is 18.7 Å². The number of para-hydroxylation sites is 1. The summed E-state index contributed by atoms with van der Waals surface area (Å²) < 4.78 is 15.1. The first-order valence-corrected chi connectivity index (χ1v) is 9.45. The highest BCUT2D eigenvalue weighted by Crippen LogP contribution is 2.47. The van der Waals surface area contributed by atoms with Crippen LogP contribution in [0.5, 0.6) is 0 Å². The summed E-state index contributed by atoms with van der Waals surface area (Å²) in [5.41, 5.74) is 4.47. The molecule has 0 bridgehead atoms. The van der Waals surface area contributed by atoms with Gasteiger partial charge in [0.2, 0.25) is 5.91 Å². The molecule has 144 valence electrons. The summed E-state index contributed by atoms with van der Waals surface area (Å²) in [6.45, 7) is 5.56. The molecule has 2 aromatic carbocycles. The maximum absolute atomic E-state index is 13.8. The Morgan fingerprint density at radius 1 is 1.25 bits per heavy atom. The quantitative estimate of drug-likeness (QED) is 0.749. The normalized spacial score (nSPS) is 18.5. The molecule has 1 heterocycles. The zero-order valence-corrected chi connectivity index (χ0v) is 16.1. The Hall–Kier alpha value is -3.02. The maximum atomic E-state index is 13.8. The fraction of sp³-hybridized carbons (Fsp3) is 0.318. The first kappa shape index (κ1) is 18.3. The minimum absolute atomic E-state index is 0.0262. The molecule has 1 saturated carbocycles. The number of rotatable bonds is 4. The molecule has 6 heteroatoms. The maximum Gasteiger partial charge on any atom is 0.280 e. The van der Waals surface area contributed by atoms with Crippen molar-refractivity contribution in [2.24, 2.45) is 5.92 Å². The van der Waals surface area contributed by atoms with Crippen molar-refractivity contribution in [3.63, 3.8) is 0 Å². The molecule has 1 aromatic heterocycles. The van der Waals surface area contributed by atoms with Crippen molar-refractivity contribution >= 4 is 16.8 Å². The van der Waals surface area contributed by atoms with Crippen molar-refractivity contribution in [1.82, 2.24) is 9.66 Å². The van der Waals surface area contributed by atoms with Gasteiger partial charge in [-0.05, 0) is 48.6 Å². The first-order chi connectivity index (χ1) is 13.4. The summed E-state index contributed by atoms with van der Waals surface area (Å²) in [5, 5.41) is 0.458. The second-order valence-electron chi connectivity index (χ2n) is 7.72. The highest BCUT2D eigenvalue weighted by molar-refractivity contribution is 5.90. The van der Waals surface area contributed by atoms with E-state index in [1.54, 1.807) is 31.2 Å². The van der Waals surface area contributed by atoms with E-state index in [1.807, 2.05) is 26.0 Å². The molecule has 28 heavy (non-hydrogen) atoms. The van der Waals surface area contributed by atoms with E-state index in [0.717, 1.165) is 5.56 Å². The summed E-state index contributed by atoms with van der Waals surface area (Å²) >= 11 is 0. The number of hydrogen-bond donors (Lipinski definition) is 1. The fourth-order valence-corrected chi connectivity index (χ4v) is 3.53. The van der Waals surface area contributed by atoms with E-state index in [9.17, 15) is 14.0 Å². The molecule has 0 spiro atoms. The molecule has 0 unspecified atom stereocenters. The van der Waals surface area contributed by atoms with Gasteiger partial charge in [-0.2, -0.15) is 0 Å². The summed E-state index contributed by atoms with van der Waals surface area (Å²) in [6.07, 6.45) is 0.640. The van der Waals surface area contributed by atoms with Gasteiger partial charge in [0.25, 0.3) is 5.56 Å². The Labute approximate surface area is 162 Å². The molecule has 1 fully saturated rings. The largest absolute Gasteiger partial charge is 0.280 e. The lowest BCUT2D eigenvalue weighted by molar-refractivity contribution is -0.118. The second-order valence-corrected chi connectivity index (χ2v) is 7.72. The van der Waals surface area contributed by atoms with Gasteiger partial charge in [-0.15, -0.1) is 0 Å². The first-order valence-electron chi connectivity index (χ1n) is 9.45. The Morgan fingerprint density at radius 3 is 2.71 bits per heavy atom. The number of nitrogens with zero attached hydrogens (tertiary/aromatic N) is 2. The molecule has 1 N–H and O–H groups in total. The molecular formula is C22H22FN3O2. The molecule has 0 aliphatic heterocycles. The predicted molar refractivity (Wildman–Crippen MR) is 106 cm³/mol. The fourth-order valence-electron chi connectivity index (χ4n) is 3.53. The average molecular weight is 379 g/mol. The van der Waals surface area contributed by atoms with Crippen LogP contribution in [0.2, 0.25) is 0 Å². The van der Waals surface area contributed by atoms with Crippen LogP contribution >= 0.6 is 0 Å². The van der Waals surface area contributed by atoms with Crippen molar-refractivity contribution < 1.29 is 9.18 Å². The summed E-state index contributed by atoms with van der Waals surface area (Å²) in [5.74, 6) is -0.343. The minimum atomic E-state index is -0.291. The van der Waals surface area contributed by atoms with Crippen molar-refractivity contribution in [2.75, 3.05) is 5.43 Å². The van der Waals surface area contributed by atoms with Crippen LogP contribution in [0.1, 0.15) is 49.1 Å². The number of aromatic nitrogens is 2. The monoisotopic (exact) mass is 379 g/mol. The summed E-state index contributed by atoms with van der Waals surface area (Å²) in [6, 6.07) is 12.2. The summed E-state index contributed by atoms with van der Waals surface area (Å²) in [7, 11) is 0. The zero-order valence-electron chi connectivity index (χ0n) is 16.1. The molecule has 1 aliphatic rings. The van der Waals surface area contributed by atoms with Crippen LogP contribution in [0.15, 0.2) is 47.3 Å². The van der Waals surface area contributed by atoms with E-state index < -0.39 is 0 Å². The van der Waals surface area contributed by atoms with Gasteiger partial charge in [0.05, 0.1) is 10.9 Å². The van der Waals surface area contributed by atoms with Gasteiger partial charge in [-0.25, -0.2) is 14.1 Å². The number of hydrogen-bond acceptors (Lipinski definition) is 3. The highest BCUT2D eigenvalue weighted by Gasteiger charge is 2.44. The topological polar surface area (TPSA) is 64.0 Å². The molecule has 1 aliphatic carbocycles. The Kier molecular flexibility index (Phi) is 4.49. The molecule has 5 nitrogen and oxygen atoms in total. The molecule has 1 amide bonds. The van der Waals surface area contributed by atoms with Crippen molar-refractivity contribution in [1.29, 1.82) is 0 Å². The number of benzene rings is 2. The number of carbonyl (C=O) groups excluding carboxylic acids is 1. The lowest BCUT2D eigenvalue weighted by atomic mass is 10.1. The highest BCUT2D eigenvalue weighted by atomic mass is 19.1. The average Bonchev–Trinajstić information content (AvgIpc) is 3.47. The van der Waals surface area contributed by atoms with Crippen LogP contribution in [-0.2, 0) is 4.79 Å². The third kappa shape index (κ3) is 3.19. The second kappa shape index (κ2) is 6.86. The van der Waals surface area contributed by atoms with Crippen LogP contribution in [0.4, 0.5) is 4.39 Å². The van der Waals surface area contributed by atoms with Gasteiger partial charge in [0, 0.05) is 11.8 Å². The van der Waals surface area contributed by atoms with Crippen molar-refractivity contribution in [3.05, 3.63) is 75.6 Å². The zero-order chi connectivity index (χ0) is 20.0. The van der Waals surface area contributed by atoms with Crippen LogP contribution in [-0.4, -0.2) is 15.6 Å². The molecule has 2 atom stereocenters. The summed E-state index contributed by atoms with van der Waals surface area (Å²) in [4.78, 5) is 30.3. The molecule has 0 radical (unpaired) electrons. The smallest absolute Gasteiger partial charge is 0.273 e. The van der Waals surface area contributed by atoms with Gasteiger partial charge in [0.15, 0.2) is 0 Å². The third-order valence-corrected chi connectivity index (χ3v) is 5.29. The van der Waals surface area contributed by atoms with Gasteiger partial charge in [-0.3, -0.25) is 15.0 Å². The van der Waals surface area contributed by atoms with Gasteiger partial charge in [0.1, 0.15) is 11.6 Å². The Morgan fingerprint density at radius 2 is 2.00 bits per heavy atom. The molecule has 4 rings (SSSR count). The number of nitrogens with one attached hydrogen (secondary N) is 1.